The first-order chi connectivity index (χ1) is 10.5. The molecule has 1 aromatic heterocycles. The van der Waals surface area contributed by atoms with Crippen LogP contribution in [-0.2, 0) is 11.3 Å². The van der Waals surface area contributed by atoms with Crippen LogP contribution < -0.4 is 10.1 Å². The van der Waals surface area contributed by atoms with E-state index in [9.17, 15) is 9.59 Å². The molecule has 116 valence electrons. The topological polar surface area (TPSA) is 88.5 Å². The molecule has 2 N–H and O–H groups in total. The number of aryl methyl sites for hydroxylation is 1. The molecule has 2 aromatic rings. The number of hydrogen-bond acceptors (Lipinski definition) is 5. The molecule has 0 spiro atoms. The van der Waals surface area contributed by atoms with E-state index in [1.807, 2.05) is 25.1 Å². The first-order valence-electron chi connectivity index (χ1n) is 6.64. The zero-order valence-corrected chi connectivity index (χ0v) is 13.0. The molecule has 1 unspecified atom stereocenters. The molecule has 0 bridgehead atoms. The lowest BCUT2D eigenvalue weighted by Crippen LogP contribution is -2.35. The van der Waals surface area contributed by atoms with E-state index in [1.54, 1.807) is 13.0 Å². The molecule has 0 saturated heterocycles. The van der Waals surface area contributed by atoms with Gasteiger partial charge in [-0.1, -0.05) is 12.1 Å². The fourth-order valence-corrected chi connectivity index (χ4v) is 2.45. The van der Waals surface area contributed by atoms with Gasteiger partial charge in [-0.25, -0.2) is 9.78 Å². The van der Waals surface area contributed by atoms with Gasteiger partial charge < -0.3 is 15.2 Å². The van der Waals surface area contributed by atoms with Gasteiger partial charge >= 0.3 is 5.97 Å². The molecule has 2 rings (SSSR count). The van der Waals surface area contributed by atoms with Crippen molar-refractivity contribution >= 4 is 23.2 Å². The molecule has 0 aliphatic heterocycles. The SMILES string of the molecule is Cc1cccc(OC(C)C(=O)NCc2nc(C(=O)O)cs2)c1. The first kappa shape index (κ1) is 16.0. The van der Waals surface area contributed by atoms with Crippen LogP contribution in [0.1, 0.15) is 28.0 Å². The van der Waals surface area contributed by atoms with E-state index in [-0.39, 0.29) is 18.1 Å². The van der Waals surface area contributed by atoms with Gasteiger partial charge in [-0.15, -0.1) is 11.3 Å². The quantitative estimate of drug-likeness (QED) is 0.852. The number of amides is 1. The minimum Gasteiger partial charge on any atom is -0.481 e. The van der Waals surface area contributed by atoms with Crippen LogP contribution in [0.4, 0.5) is 0 Å². The van der Waals surface area contributed by atoms with Crippen LogP contribution in [0.15, 0.2) is 29.6 Å². The van der Waals surface area contributed by atoms with Crippen LogP contribution in [0.2, 0.25) is 0 Å². The average Bonchev–Trinajstić information content (AvgIpc) is 2.93. The normalized spacial score (nSPS) is 11.7. The molecular weight excluding hydrogens is 304 g/mol. The minimum atomic E-state index is -1.08. The fourth-order valence-electron chi connectivity index (χ4n) is 1.74. The Morgan fingerprint density at radius 3 is 2.86 bits per heavy atom. The second kappa shape index (κ2) is 7.04. The number of thiazole rings is 1. The molecular formula is C15H16N2O4S. The van der Waals surface area contributed by atoms with Gasteiger partial charge in [0.25, 0.3) is 5.91 Å². The Bertz CT molecular complexity index is 684. The number of aromatic nitrogens is 1. The molecule has 22 heavy (non-hydrogen) atoms. The zero-order chi connectivity index (χ0) is 16.1. The third-order valence-corrected chi connectivity index (χ3v) is 3.71. The number of carbonyl (C=O) groups is 2. The zero-order valence-electron chi connectivity index (χ0n) is 12.2. The van der Waals surface area contributed by atoms with Crippen LogP contribution in [-0.4, -0.2) is 28.1 Å². The van der Waals surface area contributed by atoms with Gasteiger partial charge in [0.2, 0.25) is 0 Å². The summed E-state index contributed by atoms with van der Waals surface area (Å²) in [4.78, 5) is 26.6. The molecule has 1 aromatic carbocycles. The van der Waals surface area contributed by atoms with Gasteiger partial charge in [-0.3, -0.25) is 4.79 Å². The molecule has 1 heterocycles. The maximum atomic E-state index is 12.0. The lowest BCUT2D eigenvalue weighted by Gasteiger charge is -2.14. The Labute approximate surface area is 131 Å². The number of hydrogen-bond donors (Lipinski definition) is 2. The maximum Gasteiger partial charge on any atom is 0.355 e. The Hall–Kier alpha value is -2.41. The molecule has 6 nitrogen and oxygen atoms in total. The highest BCUT2D eigenvalue weighted by Crippen LogP contribution is 2.14. The Morgan fingerprint density at radius 2 is 2.23 bits per heavy atom. The van der Waals surface area contributed by atoms with Crippen LogP contribution >= 0.6 is 11.3 Å². The second-order valence-electron chi connectivity index (χ2n) is 4.73. The van der Waals surface area contributed by atoms with Crippen molar-refractivity contribution in [1.82, 2.24) is 10.3 Å². The minimum absolute atomic E-state index is 0.0155. The summed E-state index contributed by atoms with van der Waals surface area (Å²) in [5, 5.41) is 13.4. The molecule has 0 radical (unpaired) electrons. The number of aromatic carboxylic acids is 1. The monoisotopic (exact) mass is 320 g/mol. The Kier molecular flexibility index (Phi) is 5.11. The standard InChI is InChI=1S/C15H16N2O4S/c1-9-4-3-5-11(6-9)21-10(2)14(18)16-7-13-17-12(8-22-13)15(19)20/h3-6,8,10H,7H2,1-2H3,(H,16,18)(H,19,20). The smallest absolute Gasteiger partial charge is 0.355 e. The van der Waals surface area contributed by atoms with Crippen molar-refractivity contribution in [3.05, 3.63) is 45.9 Å². The third-order valence-electron chi connectivity index (χ3n) is 2.86. The fraction of sp³-hybridized carbons (Fsp3) is 0.267. The Morgan fingerprint density at radius 1 is 1.45 bits per heavy atom. The number of carbonyl (C=O) groups excluding carboxylic acids is 1. The van der Waals surface area contributed by atoms with Crippen molar-refractivity contribution in [2.75, 3.05) is 0 Å². The van der Waals surface area contributed by atoms with Crippen molar-refractivity contribution in [2.45, 2.75) is 26.5 Å². The summed E-state index contributed by atoms with van der Waals surface area (Å²) in [6.07, 6.45) is -0.652. The molecule has 7 heteroatoms. The lowest BCUT2D eigenvalue weighted by atomic mass is 10.2. The third kappa shape index (κ3) is 4.29. The predicted molar refractivity (Wildman–Crippen MR) is 82.2 cm³/mol. The number of carboxylic acids is 1. The second-order valence-corrected chi connectivity index (χ2v) is 5.67. The number of nitrogens with one attached hydrogen (secondary N) is 1. The largest absolute Gasteiger partial charge is 0.481 e. The summed E-state index contributed by atoms with van der Waals surface area (Å²) in [6, 6.07) is 7.44. The number of benzene rings is 1. The van der Waals surface area contributed by atoms with E-state index >= 15 is 0 Å². The summed E-state index contributed by atoms with van der Waals surface area (Å²) < 4.78 is 5.57. The summed E-state index contributed by atoms with van der Waals surface area (Å²) in [5.74, 6) is -0.733. The van der Waals surface area contributed by atoms with E-state index in [1.165, 1.54) is 16.7 Å². The van der Waals surface area contributed by atoms with Gasteiger partial charge in [0.05, 0.1) is 6.54 Å². The van der Waals surface area contributed by atoms with E-state index in [0.29, 0.717) is 10.8 Å². The Balaban J connectivity index is 1.87. The van der Waals surface area contributed by atoms with Crippen molar-refractivity contribution in [3.8, 4) is 5.75 Å². The highest BCUT2D eigenvalue weighted by atomic mass is 32.1. The predicted octanol–water partition coefficient (Wildman–Crippen LogP) is 2.23. The summed E-state index contributed by atoms with van der Waals surface area (Å²) in [6.45, 7) is 3.78. The summed E-state index contributed by atoms with van der Waals surface area (Å²) in [7, 11) is 0. The van der Waals surface area contributed by atoms with E-state index < -0.39 is 12.1 Å². The molecule has 1 amide bonds. The number of carboxylic acid groups (broad SMARTS) is 1. The number of nitrogens with zero attached hydrogens (tertiary/aromatic N) is 1. The lowest BCUT2D eigenvalue weighted by molar-refractivity contribution is -0.127. The van der Waals surface area contributed by atoms with Gasteiger partial charge in [0.1, 0.15) is 10.8 Å². The molecule has 0 saturated carbocycles. The van der Waals surface area contributed by atoms with Gasteiger partial charge in [0.15, 0.2) is 11.8 Å². The van der Waals surface area contributed by atoms with Crippen molar-refractivity contribution in [2.24, 2.45) is 0 Å². The van der Waals surface area contributed by atoms with Crippen molar-refractivity contribution in [3.63, 3.8) is 0 Å². The number of rotatable bonds is 6. The van der Waals surface area contributed by atoms with E-state index in [0.717, 1.165) is 5.56 Å². The summed E-state index contributed by atoms with van der Waals surface area (Å²) >= 11 is 1.19. The van der Waals surface area contributed by atoms with Crippen LogP contribution in [0.3, 0.4) is 0 Å². The van der Waals surface area contributed by atoms with Gasteiger partial charge in [-0.2, -0.15) is 0 Å². The average molecular weight is 320 g/mol. The summed E-state index contributed by atoms with van der Waals surface area (Å²) in [5.41, 5.74) is 1.03. The van der Waals surface area contributed by atoms with Gasteiger partial charge in [-0.05, 0) is 31.5 Å². The van der Waals surface area contributed by atoms with Crippen LogP contribution in [0, 0.1) is 6.92 Å². The highest BCUT2D eigenvalue weighted by Gasteiger charge is 2.15. The van der Waals surface area contributed by atoms with Crippen molar-refractivity contribution in [1.29, 1.82) is 0 Å². The van der Waals surface area contributed by atoms with Crippen LogP contribution in [0.5, 0.6) is 5.75 Å². The van der Waals surface area contributed by atoms with Crippen molar-refractivity contribution < 1.29 is 19.4 Å². The van der Waals surface area contributed by atoms with Crippen LogP contribution in [0.25, 0.3) is 0 Å². The highest BCUT2D eigenvalue weighted by molar-refractivity contribution is 7.09. The van der Waals surface area contributed by atoms with Gasteiger partial charge in [0, 0.05) is 5.38 Å². The van der Waals surface area contributed by atoms with E-state index in [2.05, 4.69) is 10.3 Å². The van der Waals surface area contributed by atoms with E-state index in [4.69, 9.17) is 9.84 Å². The molecule has 1 atom stereocenters. The first-order valence-corrected chi connectivity index (χ1v) is 7.52. The number of ether oxygens (including phenoxy) is 1. The molecule has 0 aliphatic rings. The molecule has 0 aliphatic carbocycles. The molecule has 0 fully saturated rings. The maximum absolute atomic E-state index is 12.0.